The maximum Gasteiger partial charge on any atom is 0.330 e. The van der Waals surface area contributed by atoms with Gasteiger partial charge in [0.1, 0.15) is 6.61 Å². The van der Waals surface area contributed by atoms with Crippen molar-refractivity contribution in [2.24, 2.45) is 0 Å². The Morgan fingerprint density at radius 1 is 0.793 bits per heavy atom. The van der Waals surface area contributed by atoms with Gasteiger partial charge >= 0.3 is 14.5 Å². The Labute approximate surface area is 180 Å². The van der Waals surface area contributed by atoms with Gasteiger partial charge in [-0.25, -0.2) is 4.79 Å². The first kappa shape index (κ1) is 28.4. The number of carbonyl (C=O) groups is 2. The van der Waals surface area contributed by atoms with E-state index in [4.69, 9.17) is 17.7 Å². The summed E-state index contributed by atoms with van der Waals surface area (Å²) in [5.41, 5.74) is 0. The van der Waals surface area contributed by atoms with Crippen molar-refractivity contribution in [3.05, 3.63) is 12.2 Å². The quantitative estimate of drug-likeness (QED) is 0.139. The summed E-state index contributed by atoms with van der Waals surface area (Å²) in [5.74, 6) is -0.709. The van der Waals surface area contributed by atoms with Crippen molar-refractivity contribution < 1.29 is 27.3 Å². The number of ketones is 1. The summed E-state index contributed by atoms with van der Waals surface area (Å²) < 4.78 is 23.6. The van der Waals surface area contributed by atoms with Gasteiger partial charge in [-0.1, -0.05) is 19.8 Å². The minimum absolute atomic E-state index is 0.184. The fraction of sp³-hybridized carbons (Fsp3) is 0.800. The summed E-state index contributed by atoms with van der Waals surface area (Å²) in [4.78, 5) is 22.1. The molecular weight excluding hydrogens is 420 g/mol. The number of unbranched alkanes of at least 4 members (excludes halogenated alkanes) is 1. The van der Waals surface area contributed by atoms with Crippen LogP contribution in [-0.4, -0.2) is 56.8 Å². The molecule has 170 valence electrons. The molecule has 0 saturated heterocycles. The Hall–Kier alpha value is -0.589. The molecule has 0 unspecified atom stereocenters. The SMILES string of the molecule is CCCC[Si](C)(C)O[Si](C)(C)O[Si](C)(C)CCCOCCOC(=O)/C=C\C(C)=O. The van der Waals surface area contributed by atoms with Crippen molar-refractivity contribution in [3.63, 3.8) is 0 Å². The molecule has 0 aromatic rings. The summed E-state index contributed by atoms with van der Waals surface area (Å²) in [6.07, 6.45) is 5.67. The second-order valence-electron chi connectivity index (χ2n) is 9.05. The Bertz CT molecular complexity index is 532. The van der Waals surface area contributed by atoms with E-state index < -0.39 is 31.2 Å². The van der Waals surface area contributed by atoms with Crippen LogP contribution >= 0.6 is 0 Å². The van der Waals surface area contributed by atoms with Crippen molar-refractivity contribution in [3.8, 4) is 0 Å². The van der Waals surface area contributed by atoms with Gasteiger partial charge in [-0.3, -0.25) is 4.79 Å². The third-order valence-electron chi connectivity index (χ3n) is 4.17. The normalized spacial score (nSPS) is 13.1. The van der Waals surface area contributed by atoms with E-state index in [1.165, 1.54) is 31.9 Å². The van der Waals surface area contributed by atoms with E-state index in [1.807, 2.05) is 0 Å². The van der Waals surface area contributed by atoms with Gasteiger partial charge in [0.05, 0.1) is 6.61 Å². The molecule has 0 aromatic carbocycles. The summed E-state index contributed by atoms with van der Waals surface area (Å²) >= 11 is 0. The van der Waals surface area contributed by atoms with Crippen LogP contribution in [0.5, 0.6) is 0 Å². The first-order valence-corrected chi connectivity index (χ1v) is 19.7. The summed E-state index contributed by atoms with van der Waals surface area (Å²) in [7, 11) is -5.63. The van der Waals surface area contributed by atoms with Crippen LogP contribution in [0, 0.1) is 0 Å². The minimum atomic E-state index is -2.14. The lowest BCUT2D eigenvalue weighted by atomic mass is 10.4. The van der Waals surface area contributed by atoms with E-state index in [9.17, 15) is 9.59 Å². The highest BCUT2D eigenvalue weighted by molar-refractivity contribution is 6.87. The first-order valence-electron chi connectivity index (χ1n) is 10.6. The molecule has 0 saturated carbocycles. The molecule has 6 nitrogen and oxygen atoms in total. The van der Waals surface area contributed by atoms with E-state index in [0.29, 0.717) is 13.2 Å². The van der Waals surface area contributed by atoms with E-state index >= 15 is 0 Å². The number of rotatable bonds is 16. The highest BCUT2D eigenvalue weighted by atomic mass is 28.5. The fourth-order valence-corrected chi connectivity index (χ4v) is 17.4. The lowest BCUT2D eigenvalue weighted by molar-refractivity contribution is -0.139. The number of ether oxygens (including phenoxy) is 2. The van der Waals surface area contributed by atoms with Crippen molar-refractivity contribution >= 4 is 36.9 Å². The average Bonchev–Trinajstić information content (AvgIpc) is 2.55. The number of carbonyl (C=O) groups excluding carboxylic acids is 2. The Morgan fingerprint density at radius 2 is 1.34 bits per heavy atom. The second kappa shape index (κ2) is 13.7. The van der Waals surface area contributed by atoms with Crippen LogP contribution in [0.25, 0.3) is 0 Å². The predicted molar refractivity (Wildman–Crippen MR) is 125 cm³/mol. The van der Waals surface area contributed by atoms with Gasteiger partial charge in [-0.2, -0.15) is 0 Å². The molecule has 0 heterocycles. The van der Waals surface area contributed by atoms with Gasteiger partial charge in [0.2, 0.25) is 0 Å². The van der Waals surface area contributed by atoms with Crippen LogP contribution in [0.1, 0.15) is 33.1 Å². The standard InChI is InChI=1S/C20H42O6Si3/c1-9-10-17-27(3,4)25-29(7,8)26-28(5,6)18-11-14-23-15-16-24-20(22)13-12-19(2)21/h12-13H,9-11,14-18H2,1-8H3/b13-12-. The van der Waals surface area contributed by atoms with Crippen molar-refractivity contribution in [2.75, 3.05) is 19.8 Å². The molecule has 0 bridgehead atoms. The van der Waals surface area contributed by atoms with Gasteiger partial charge in [-0.15, -0.1) is 0 Å². The zero-order chi connectivity index (χ0) is 22.6. The first-order chi connectivity index (χ1) is 13.3. The van der Waals surface area contributed by atoms with E-state index in [2.05, 4.69) is 46.2 Å². The molecule has 0 spiro atoms. The van der Waals surface area contributed by atoms with Gasteiger partial charge < -0.3 is 17.7 Å². The average molecular weight is 463 g/mol. The summed E-state index contributed by atoms with van der Waals surface area (Å²) in [6, 6.07) is 2.19. The zero-order valence-electron chi connectivity index (χ0n) is 19.8. The third kappa shape index (κ3) is 16.8. The molecule has 9 heteroatoms. The van der Waals surface area contributed by atoms with E-state index in [-0.39, 0.29) is 12.4 Å². The highest BCUT2D eigenvalue weighted by Gasteiger charge is 2.39. The molecular formula is C20H42O6Si3. The van der Waals surface area contributed by atoms with E-state index in [0.717, 1.165) is 18.5 Å². The van der Waals surface area contributed by atoms with Crippen LogP contribution in [0.3, 0.4) is 0 Å². The van der Waals surface area contributed by atoms with Gasteiger partial charge in [0, 0.05) is 12.7 Å². The molecule has 0 N–H and O–H groups in total. The Kier molecular flexibility index (Phi) is 13.4. The molecule has 0 fully saturated rings. The van der Waals surface area contributed by atoms with Crippen LogP contribution in [0.15, 0.2) is 12.2 Å². The zero-order valence-corrected chi connectivity index (χ0v) is 22.8. The third-order valence-corrected chi connectivity index (χ3v) is 15.6. The molecule has 29 heavy (non-hydrogen) atoms. The molecule has 0 aliphatic heterocycles. The van der Waals surface area contributed by atoms with Crippen LogP contribution in [0.4, 0.5) is 0 Å². The number of hydrogen-bond acceptors (Lipinski definition) is 6. The lowest BCUT2D eigenvalue weighted by Crippen LogP contribution is -2.52. The van der Waals surface area contributed by atoms with Crippen LogP contribution in [0.2, 0.25) is 51.4 Å². The smallest absolute Gasteiger partial charge is 0.330 e. The Balaban J connectivity index is 4.11. The van der Waals surface area contributed by atoms with Gasteiger partial charge in [-0.05, 0) is 70.8 Å². The van der Waals surface area contributed by atoms with Crippen molar-refractivity contribution in [2.45, 2.75) is 84.5 Å². The lowest BCUT2D eigenvalue weighted by Gasteiger charge is -2.38. The molecule has 0 aliphatic carbocycles. The van der Waals surface area contributed by atoms with Crippen LogP contribution < -0.4 is 0 Å². The number of allylic oxidation sites excluding steroid dienone is 1. The van der Waals surface area contributed by atoms with E-state index in [1.54, 1.807) is 0 Å². The molecule has 0 atom stereocenters. The van der Waals surface area contributed by atoms with Gasteiger partial charge in [0.15, 0.2) is 22.4 Å². The van der Waals surface area contributed by atoms with Crippen LogP contribution in [-0.2, 0) is 27.3 Å². The largest absolute Gasteiger partial charge is 0.460 e. The van der Waals surface area contributed by atoms with Crippen molar-refractivity contribution in [1.82, 2.24) is 0 Å². The molecule has 0 aromatic heterocycles. The maximum atomic E-state index is 11.3. The molecule has 0 radical (unpaired) electrons. The minimum Gasteiger partial charge on any atom is -0.460 e. The molecule has 0 amide bonds. The van der Waals surface area contributed by atoms with Crippen molar-refractivity contribution in [1.29, 1.82) is 0 Å². The molecule has 0 rings (SSSR count). The maximum absolute atomic E-state index is 11.3. The van der Waals surface area contributed by atoms with Gasteiger partial charge in [0.25, 0.3) is 0 Å². The fourth-order valence-electron chi connectivity index (χ4n) is 3.19. The summed E-state index contributed by atoms with van der Waals surface area (Å²) in [5, 5.41) is 0. The number of hydrogen-bond donors (Lipinski definition) is 0. The second-order valence-corrected chi connectivity index (χ2v) is 21.5. The summed E-state index contributed by atoms with van der Waals surface area (Å²) in [6.45, 7) is 18.2. The topological polar surface area (TPSA) is 71.1 Å². The monoisotopic (exact) mass is 462 g/mol. The molecule has 0 aliphatic rings. The number of esters is 1. The predicted octanol–water partition coefficient (Wildman–Crippen LogP) is 5.03. The highest BCUT2D eigenvalue weighted by Crippen LogP contribution is 2.26. The Morgan fingerprint density at radius 3 is 1.86 bits per heavy atom.